The van der Waals surface area contributed by atoms with Crippen molar-refractivity contribution < 1.29 is 19.0 Å². The van der Waals surface area contributed by atoms with E-state index in [0.717, 1.165) is 56.1 Å². The predicted molar refractivity (Wildman–Crippen MR) is 142 cm³/mol. The van der Waals surface area contributed by atoms with Gasteiger partial charge in [0.25, 0.3) is 5.91 Å². The van der Waals surface area contributed by atoms with E-state index in [-0.39, 0.29) is 23.1 Å². The molecule has 2 aliphatic rings. The lowest BCUT2D eigenvalue weighted by Crippen LogP contribution is -2.49. The maximum absolute atomic E-state index is 13.3. The second-order valence-electron chi connectivity index (χ2n) is 10.2. The maximum Gasteiger partial charge on any atom is 0.252 e. The predicted octanol–water partition coefficient (Wildman–Crippen LogP) is 5.22. The van der Waals surface area contributed by atoms with Gasteiger partial charge in [-0.2, -0.15) is 0 Å². The number of piperidine rings is 1. The van der Waals surface area contributed by atoms with Gasteiger partial charge < -0.3 is 20.1 Å². The van der Waals surface area contributed by atoms with Crippen LogP contribution in [0.15, 0.2) is 54.7 Å². The third-order valence-corrected chi connectivity index (χ3v) is 8.00. The van der Waals surface area contributed by atoms with Gasteiger partial charge in [-0.1, -0.05) is 29.8 Å². The van der Waals surface area contributed by atoms with Gasteiger partial charge in [-0.05, 0) is 81.3 Å². The number of hydrogen-bond donors (Lipinski definition) is 2. The van der Waals surface area contributed by atoms with Crippen LogP contribution in [0, 0.1) is 11.7 Å². The van der Waals surface area contributed by atoms with Crippen LogP contribution in [0.3, 0.4) is 0 Å². The number of fused-ring (bicyclic) bond motifs is 1. The fourth-order valence-corrected chi connectivity index (χ4v) is 5.78. The highest BCUT2D eigenvalue weighted by Crippen LogP contribution is 2.30. The summed E-state index contributed by atoms with van der Waals surface area (Å²) in [4.78, 5) is 19.6. The van der Waals surface area contributed by atoms with E-state index in [4.69, 9.17) is 16.3 Å². The van der Waals surface area contributed by atoms with Crippen molar-refractivity contribution in [1.82, 2.24) is 15.2 Å². The molecule has 2 N–H and O–H groups in total. The molecule has 2 aromatic carbocycles. The monoisotopic (exact) mass is 525 g/mol. The van der Waals surface area contributed by atoms with Crippen LogP contribution in [-0.4, -0.2) is 58.8 Å². The van der Waals surface area contributed by atoms with Gasteiger partial charge in [0.05, 0.1) is 16.1 Å². The standard InChI is InChI=1S/C29H33ClFN3O3/c30-24-17-20(31)7-10-27(24)37-28-13-16-34(18-26(28)35)15-12-19-5-8-21(9-6-19)33-29(36)23-11-14-32-25-4-2-1-3-22(23)25/h1-4,7,10-11,14,17,19,21,26,28,35H,5-6,8-9,12-13,15-16,18H2,(H,33,36)/t19-,21-,26-,28-/m1/s1. The number of likely N-dealkylation sites (tertiary alicyclic amines) is 1. The minimum absolute atomic E-state index is 0.0250. The summed E-state index contributed by atoms with van der Waals surface area (Å²) in [6.07, 6.45) is 6.64. The van der Waals surface area contributed by atoms with Crippen LogP contribution in [0.4, 0.5) is 4.39 Å². The quantitative estimate of drug-likeness (QED) is 0.442. The zero-order valence-electron chi connectivity index (χ0n) is 20.8. The third-order valence-electron chi connectivity index (χ3n) is 7.71. The summed E-state index contributed by atoms with van der Waals surface area (Å²) in [6, 6.07) is 13.8. The van der Waals surface area contributed by atoms with Crippen LogP contribution < -0.4 is 10.1 Å². The van der Waals surface area contributed by atoms with Crippen LogP contribution in [0.1, 0.15) is 48.9 Å². The number of pyridine rings is 1. The number of halogens is 2. The van der Waals surface area contributed by atoms with Crippen molar-refractivity contribution in [2.75, 3.05) is 19.6 Å². The highest BCUT2D eigenvalue weighted by molar-refractivity contribution is 6.32. The molecule has 2 heterocycles. The Labute approximate surface area is 221 Å². The van der Waals surface area contributed by atoms with Crippen LogP contribution in [0.5, 0.6) is 5.75 Å². The SMILES string of the molecule is O=C(N[C@H]1CC[C@H](CCN2CC[C@@H](Oc3ccc(F)cc3Cl)[C@H](O)C2)CC1)c1ccnc2ccccc12. The average molecular weight is 526 g/mol. The van der Waals surface area contributed by atoms with Crippen molar-refractivity contribution in [3.8, 4) is 5.75 Å². The Morgan fingerprint density at radius 1 is 1.14 bits per heavy atom. The fourth-order valence-electron chi connectivity index (χ4n) is 5.57. The molecule has 196 valence electrons. The molecule has 5 rings (SSSR count). The first kappa shape index (κ1) is 25.9. The normalized spacial score (nSPS) is 24.6. The number of para-hydroxylation sites is 1. The van der Waals surface area contributed by atoms with Crippen molar-refractivity contribution in [3.63, 3.8) is 0 Å². The summed E-state index contributed by atoms with van der Waals surface area (Å²) < 4.78 is 19.2. The number of β-amino-alcohol motifs (C(OH)–C–C–N with tert-alkyl or cyclic N) is 1. The first-order valence-electron chi connectivity index (χ1n) is 13.1. The van der Waals surface area contributed by atoms with E-state index in [2.05, 4.69) is 15.2 Å². The molecule has 1 saturated carbocycles. The lowest BCUT2D eigenvalue weighted by Gasteiger charge is -2.37. The number of rotatable bonds is 7. The van der Waals surface area contributed by atoms with Crippen molar-refractivity contribution in [1.29, 1.82) is 0 Å². The highest BCUT2D eigenvalue weighted by atomic mass is 35.5. The maximum atomic E-state index is 13.3. The van der Waals surface area contributed by atoms with Crippen molar-refractivity contribution in [3.05, 3.63) is 71.1 Å². The highest BCUT2D eigenvalue weighted by Gasteiger charge is 2.30. The lowest BCUT2D eigenvalue weighted by molar-refractivity contribution is -0.0266. The Kier molecular flexibility index (Phi) is 8.23. The van der Waals surface area contributed by atoms with Gasteiger partial charge in [0, 0.05) is 30.7 Å². The molecule has 1 amide bonds. The van der Waals surface area contributed by atoms with Crippen LogP contribution in [0.25, 0.3) is 10.9 Å². The minimum atomic E-state index is -0.620. The van der Waals surface area contributed by atoms with Gasteiger partial charge >= 0.3 is 0 Å². The molecule has 0 unspecified atom stereocenters. The summed E-state index contributed by atoms with van der Waals surface area (Å²) in [6.45, 7) is 2.33. The molecule has 1 aliphatic carbocycles. The molecule has 2 fully saturated rings. The van der Waals surface area contributed by atoms with Gasteiger partial charge in [0.1, 0.15) is 23.8 Å². The number of nitrogens with one attached hydrogen (secondary N) is 1. The number of hydrogen-bond acceptors (Lipinski definition) is 5. The van der Waals surface area contributed by atoms with Gasteiger partial charge in [-0.25, -0.2) is 4.39 Å². The Morgan fingerprint density at radius 3 is 2.73 bits per heavy atom. The number of aliphatic hydroxyl groups excluding tert-OH is 1. The van der Waals surface area contributed by atoms with Gasteiger partial charge in [-0.3, -0.25) is 9.78 Å². The Hall–Kier alpha value is -2.74. The minimum Gasteiger partial charge on any atom is -0.486 e. The molecular formula is C29H33ClFN3O3. The molecule has 8 heteroatoms. The number of nitrogens with zero attached hydrogens (tertiary/aromatic N) is 2. The van der Waals surface area contributed by atoms with E-state index in [0.29, 0.717) is 30.2 Å². The van der Waals surface area contributed by atoms with E-state index in [1.807, 2.05) is 24.3 Å². The van der Waals surface area contributed by atoms with E-state index >= 15 is 0 Å². The molecule has 0 bridgehead atoms. The molecule has 0 radical (unpaired) electrons. The lowest BCUT2D eigenvalue weighted by atomic mass is 9.83. The molecule has 1 aliphatic heterocycles. The number of carbonyl (C=O) groups excluding carboxylic acids is 1. The number of carbonyl (C=O) groups is 1. The Morgan fingerprint density at radius 2 is 1.95 bits per heavy atom. The molecule has 3 aromatic rings. The number of aromatic nitrogens is 1. The topological polar surface area (TPSA) is 74.7 Å². The first-order chi connectivity index (χ1) is 18.0. The van der Waals surface area contributed by atoms with E-state index < -0.39 is 11.9 Å². The third kappa shape index (κ3) is 6.40. The zero-order valence-corrected chi connectivity index (χ0v) is 21.5. The van der Waals surface area contributed by atoms with Gasteiger partial charge in [0.2, 0.25) is 0 Å². The number of aliphatic hydroxyl groups is 1. The Bertz CT molecular complexity index is 1230. The summed E-state index contributed by atoms with van der Waals surface area (Å²) >= 11 is 6.07. The van der Waals surface area contributed by atoms with Crippen molar-refractivity contribution in [2.45, 2.75) is 56.8 Å². The molecule has 1 aromatic heterocycles. The second kappa shape index (κ2) is 11.8. The van der Waals surface area contributed by atoms with E-state index in [9.17, 15) is 14.3 Å². The number of amides is 1. The van der Waals surface area contributed by atoms with Crippen LogP contribution in [0.2, 0.25) is 5.02 Å². The van der Waals surface area contributed by atoms with Crippen molar-refractivity contribution in [2.24, 2.45) is 5.92 Å². The van der Waals surface area contributed by atoms with Gasteiger partial charge in [0.15, 0.2) is 0 Å². The van der Waals surface area contributed by atoms with Crippen LogP contribution in [-0.2, 0) is 0 Å². The van der Waals surface area contributed by atoms with Gasteiger partial charge in [-0.15, -0.1) is 0 Å². The summed E-state index contributed by atoms with van der Waals surface area (Å²) in [5.41, 5.74) is 1.51. The van der Waals surface area contributed by atoms with Crippen LogP contribution >= 0.6 is 11.6 Å². The average Bonchev–Trinajstić information content (AvgIpc) is 2.90. The molecule has 2 atom stereocenters. The largest absolute Gasteiger partial charge is 0.486 e. The van der Waals surface area contributed by atoms with Crippen molar-refractivity contribution >= 4 is 28.4 Å². The second-order valence-corrected chi connectivity index (χ2v) is 10.7. The summed E-state index contributed by atoms with van der Waals surface area (Å²) in [7, 11) is 0. The fraction of sp³-hybridized carbons (Fsp3) is 0.448. The Balaban J connectivity index is 1.04. The summed E-state index contributed by atoms with van der Waals surface area (Å²) in [5.74, 6) is 0.593. The zero-order chi connectivity index (χ0) is 25.8. The number of ether oxygens (including phenoxy) is 1. The smallest absolute Gasteiger partial charge is 0.252 e. The number of benzene rings is 2. The molecule has 37 heavy (non-hydrogen) atoms. The first-order valence-corrected chi connectivity index (χ1v) is 13.5. The van der Waals surface area contributed by atoms with E-state index in [1.54, 1.807) is 12.3 Å². The molecule has 0 spiro atoms. The summed E-state index contributed by atoms with van der Waals surface area (Å²) in [5, 5.41) is 15.0. The molecular weight excluding hydrogens is 493 g/mol. The molecule has 6 nitrogen and oxygen atoms in total. The molecule has 1 saturated heterocycles. The van der Waals surface area contributed by atoms with E-state index in [1.165, 1.54) is 18.2 Å².